The Kier molecular flexibility index (Phi) is 3.75. The summed E-state index contributed by atoms with van der Waals surface area (Å²) in [6, 6.07) is 4.06. The molecule has 106 valence electrons. The number of hydrogen-bond acceptors (Lipinski definition) is 4. The summed E-state index contributed by atoms with van der Waals surface area (Å²) in [5, 5.41) is 24.2. The third-order valence-electron chi connectivity index (χ3n) is 2.82. The largest absolute Gasteiger partial charge is 0.390 e. The summed E-state index contributed by atoms with van der Waals surface area (Å²) in [6.45, 7) is 1.41. The molecule has 8 heteroatoms. The first-order valence-corrected chi connectivity index (χ1v) is 5.70. The van der Waals surface area contributed by atoms with E-state index < -0.39 is 22.7 Å². The molecule has 0 saturated heterocycles. The van der Waals surface area contributed by atoms with Gasteiger partial charge in [0.05, 0.1) is 23.4 Å². The molecule has 2 aromatic rings. The number of rotatable bonds is 4. The highest BCUT2D eigenvalue weighted by Gasteiger charge is 2.20. The molecule has 0 saturated carbocycles. The van der Waals surface area contributed by atoms with Gasteiger partial charge in [-0.05, 0) is 17.9 Å². The third-order valence-corrected chi connectivity index (χ3v) is 2.82. The summed E-state index contributed by atoms with van der Waals surface area (Å²) in [6.07, 6.45) is -1.28. The van der Waals surface area contributed by atoms with Crippen molar-refractivity contribution in [2.75, 3.05) is 0 Å². The highest BCUT2D eigenvalue weighted by Crippen LogP contribution is 2.21. The minimum Gasteiger partial charge on any atom is -0.386 e. The molecule has 0 amide bonds. The van der Waals surface area contributed by atoms with Crippen LogP contribution in [0.15, 0.2) is 24.3 Å². The van der Waals surface area contributed by atoms with Gasteiger partial charge in [-0.25, -0.2) is 8.78 Å². The normalized spacial score (nSPS) is 12.4. The van der Waals surface area contributed by atoms with Crippen LogP contribution in [0.25, 0.3) is 0 Å². The van der Waals surface area contributed by atoms with Crippen molar-refractivity contribution in [1.29, 1.82) is 0 Å². The van der Waals surface area contributed by atoms with Gasteiger partial charge in [0, 0.05) is 11.6 Å². The number of nitro groups is 1. The van der Waals surface area contributed by atoms with Crippen molar-refractivity contribution in [3.63, 3.8) is 0 Å². The molecule has 6 nitrogen and oxygen atoms in total. The minimum atomic E-state index is -1.28. The fraction of sp³-hybridized carbons (Fsp3) is 0.250. The van der Waals surface area contributed by atoms with Crippen LogP contribution in [0.4, 0.5) is 14.6 Å². The van der Waals surface area contributed by atoms with Gasteiger partial charge in [0.15, 0.2) is 0 Å². The smallest absolute Gasteiger partial charge is 0.386 e. The molecule has 2 rings (SSSR count). The number of aliphatic hydroxyl groups is 1. The summed E-state index contributed by atoms with van der Waals surface area (Å²) >= 11 is 0. The first-order chi connectivity index (χ1) is 9.38. The second-order valence-electron chi connectivity index (χ2n) is 4.26. The highest BCUT2D eigenvalue weighted by molar-refractivity contribution is 5.23. The molecule has 1 heterocycles. The lowest BCUT2D eigenvalue weighted by molar-refractivity contribution is -0.389. The van der Waals surface area contributed by atoms with E-state index in [1.807, 2.05) is 0 Å². The molecular weight excluding hydrogens is 272 g/mol. The molecule has 1 aromatic heterocycles. The van der Waals surface area contributed by atoms with Crippen molar-refractivity contribution in [1.82, 2.24) is 9.78 Å². The molecule has 20 heavy (non-hydrogen) atoms. The molecule has 0 fully saturated rings. The molecule has 0 aliphatic heterocycles. The van der Waals surface area contributed by atoms with E-state index in [0.29, 0.717) is 11.8 Å². The predicted molar refractivity (Wildman–Crippen MR) is 64.9 cm³/mol. The Morgan fingerprint density at radius 2 is 2.15 bits per heavy atom. The number of halogens is 2. The zero-order valence-electron chi connectivity index (χ0n) is 10.5. The summed E-state index contributed by atoms with van der Waals surface area (Å²) in [5.41, 5.74) is 0.363. The Labute approximate surface area is 112 Å². The van der Waals surface area contributed by atoms with Gasteiger partial charge in [0.1, 0.15) is 17.7 Å². The molecule has 0 bridgehead atoms. The van der Waals surface area contributed by atoms with Gasteiger partial charge in [-0.1, -0.05) is 6.07 Å². The lowest BCUT2D eigenvalue weighted by Gasteiger charge is -2.11. The standard InChI is InChI=1S/C12H11F2N3O3/c1-7-4-12(17(19)20)15-16(7)6-11(18)9-3-2-8(13)5-10(9)14/h2-5,11,18H,6H2,1H3/t11-/m0/s1. The molecule has 0 radical (unpaired) electrons. The van der Waals surface area contributed by atoms with E-state index >= 15 is 0 Å². The second kappa shape index (κ2) is 5.33. The Morgan fingerprint density at radius 1 is 1.45 bits per heavy atom. The van der Waals surface area contributed by atoms with Crippen LogP contribution in [0.3, 0.4) is 0 Å². The van der Waals surface area contributed by atoms with Crippen molar-refractivity contribution in [3.8, 4) is 0 Å². The maximum atomic E-state index is 13.5. The molecule has 1 aromatic carbocycles. The zero-order chi connectivity index (χ0) is 14.9. The van der Waals surface area contributed by atoms with E-state index in [-0.39, 0.29) is 17.9 Å². The van der Waals surface area contributed by atoms with Crippen molar-refractivity contribution in [3.05, 3.63) is 57.3 Å². The summed E-state index contributed by atoms with van der Waals surface area (Å²) < 4.78 is 27.5. The molecule has 1 N–H and O–H groups in total. The zero-order valence-corrected chi connectivity index (χ0v) is 10.5. The number of aromatic nitrogens is 2. The van der Waals surface area contributed by atoms with E-state index in [0.717, 1.165) is 12.1 Å². The Morgan fingerprint density at radius 3 is 2.70 bits per heavy atom. The number of benzene rings is 1. The Balaban J connectivity index is 2.23. The quantitative estimate of drug-likeness (QED) is 0.688. The SMILES string of the molecule is Cc1cc([N+](=O)[O-])nn1C[C@H](O)c1ccc(F)cc1F. The molecule has 0 spiro atoms. The predicted octanol–water partition coefficient (Wildman–Crippen LogP) is 2.11. The monoisotopic (exact) mass is 283 g/mol. The van der Waals surface area contributed by atoms with E-state index in [4.69, 9.17) is 0 Å². The van der Waals surface area contributed by atoms with Gasteiger partial charge < -0.3 is 15.2 Å². The number of aliphatic hydroxyl groups excluding tert-OH is 1. The lowest BCUT2D eigenvalue weighted by Crippen LogP contribution is -2.13. The van der Waals surface area contributed by atoms with Crippen molar-refractivity contribution < 1.29 is 18.8 Å². The van der Waals surface area contributed by atoms with Gasteiger partial charge in [0.2, 0.25) is 0 Å². The summed E-state index contributed by atoms with van der Waals surface area (Å²) in [4.78, 5) is 9.92. The minimum absolute atomic E-state index is 0.0936. The van der Waals surface area contributed by atoms with Crippen LogP contribution in [0.5, 0.6) is 0 Å². The van der Waals surface area contributed by atoms with E-state index in [9.17, 15) is 24.0 Å². The van der Waals surface area contributed by atoms with E-state index in [1.54, 1.807) is 6.92 Å². The summed E-state index contributed by atoms with van der Waals surface area (Å²) in [5.74, 6) is -1.98. The Hall–Kier alpha value is -2.35. The van der Waals surface area contributed by atoms with Crippen LogP contribution in [-0.2, 0) is 6.54 Å². The maximum absolute atomic E-state index is 13.5. The molecule has 0 aliphatic carbocycles. The van der Waals surface area contributed by atoms with Gasteiger partial charge >= 0.3 is 5.82 Å². The van der Waals surface area contributed by atoms with Gasteiger partial charge in [-0.3, -0.25) is 0 Å². The fourth-order valence-corrected chi connectivity index (χ4v) is 1.80. The third kappa shape index (κ3) is 2.80. The molecule has 1 atom stereocenters. The van der Waals surface area contributed by atoms with Crippen LogP contribution in [0, 0.1) is 28.7 Å². The van der Waals surface area contributed by atoms with Crippen LogP contribution < -0.4 is 0 Å². The number of hydrogen-bond donors (Lipinski definition) is 1. The number of nitrogens with zero attached hydrogens (tertiary/aromatic N) is 3. The van der Waals surface area contributed by atoms with Crippen LogP contribution in [-0.4, -0.2) is 19.8 Å². The lowest BCUT2D eigenvalue weighted by atomic mass is 10.1. The van der Waals surface area contributed by atoms with Crippen LogP contribution >= 0.6 is 0 Å². The van der Waals surface area contributed by atoms with Gasteiger partial charge in [-0.15, -0.1) is 0 Å². The Bertz CT molecular complexity index is 657. The second-order valence-corrected chi connectivity index (χ2v) is 4.26. The molecular formula is C12H11F2N3O3. The van der Waals surface area contributed by atoms with Crippen molar-refractivity contribution in [2.45, 2.75) is 19.6 Å². The van der Waals surface area contributed by atoms with Crippen molar-refractivity contribution in [2.24, 2.45) is 0 Å². The number of aryl methyl sites for hydroxylation is 1. The van der Waals surface area contributed by atoms with Crippen LogP contribution in [0.1, 0.15) is 17.4 Å². The van der Waals surface area contributed by atoms with Gasteiger partial charge in [0.25, 0.3) is 0 Å². The molecule has 0 unspecified atom stereocenters. The van der Waals surface area contributed by atoms with Crippen molar-refractivity contribution >= 4 is 5.82 Å². The first-order valence-electron chi connectivity index (χ1n) is 5.70. The van der Waals surface area contributed by atoms with E-state index in [2.05, 4.69) is 5.10 Å². The van der Waals surface area contributed by atoms with Gasteiger partial charge in [-0.2, -0.15) is 4.68 Å². The topological polar surface area (TPSA) is 81.2 Å². The summed E-state index contributed by atoms with van der Waals surface area (Å²) in [7, 11) is 0. The maximum Gasteiger partial charge on any atom is 0.390 e. The fourth-order valence-electron chi connectivity index (χ4n) is 1.80. The highest BCUT2D eigenvalue weighted by atomic mass is 19.1. The first kappa shape index (κ1) is 14.1. The van der Waals surface area contributed by atoms with Crippen LogP contribution in [0.2, 0.25) is 0 Å². The van der Waals surface area contributed by atoms with E-state index in [1.165, 1.54) is 10.7 Å². The molecule has 0 aliphatic rings. The average Bonchev–Trinajstić information content (AvgIpc) is 2.71. The average molecular weight is 283 g/mol.